The molecule has 2 N–H and O–H groups in total. The van der Waals surface area contributed by atoms with Gasteiger partial charge in [0.25, 0.3) is 0 Å². The van der Waals surface area contributed by atoms with Crippen molar-refractivity contribution < 1.29 is 17.5 Å². The van der Waals surface area contributed by atoms with Crippen LogP contribution in [0, 0.1) is 5.82 Å². The lowest BCUT2D eigenvalue weighted by atomic mass is 10.3. The lowest BCUT2D eigenvalue weighted by Crippen LogP contribution is -2.14. The second kappa shape index (κ2) is 4.41. The Morgan fingerprint density at radius 2 is 2.20 bits per heavy atom. The van der Waals surface area contributed by atoms with Crippen LogP contribution in [0.15, 0.2) is 35.7 Å². The van der Waals surface area contributed by atoms with Gasteiger partial charge in [-0.05, 0) is 18.2 Å². The molecule has 0 bridgehead atoms. The molecule has 6 heteroatoms. The first kappa shape index (κ1) is 11.7. The number of benzene rings is 1. The number of sulfonamides is 1. The lowest BCUT2D eigenvalue weighted by Gasteiger charge is -2.08. The fourth-order valence-corrected chi connectivity index (χ4v) is 1.66. The molecule has 0 spiro atoms. The fourth-order valence-electron chi connectivity index (χ4n) is 0.972. The number of hydrogen-bond donors (Lipinski definition) is 1. The van der Waals surface area contributed by atoms with Crippen LogP contribution in [0.4, 0.5) is 4.39 Å². The van der Waals surface area contributed by atoms with Crippen LogP contribution in [0.25, 0.3) is 0 Å². The lowest BCUT2D eigenvalue weighted by molar-refractivity contribution is 0.352. The Morgan fingerprint density at radius 3 is 2.73 bits per heavy atom. The summed E-state index contributed by atoms with van der Waals surface area (Å²) >= 11 is 0. The second-order valence-electron chi connectivity index (χ2n) is 2.74. The van der Waals surface area contributed by atoms with E-state index in [0.717, 1.165) is 12.1 Å². The predicted molar refractivity (Wildman–Crippen MR) is 53.5 cm³/mol. The summed E-state index contributed by atoms with van der Waals surface area (Å²) in [7, 11) is -3.99. The average Bonchev–Trinajstić information content (AvgIpc) is 2.14. The van der Waals surface area contributed by atoms with Crippen molar-refractivity contribution in [1.82, 2.24) is 0 Å². The Kier molecular flexibility index (Phi) is 3.43. The van der Waals surface area contributed by atoms with Gasteiger partial charge >= 0.3 is 0 Å². The number of hydrogen-bond acceptors (Lipinski definition) is 3. The molecule has 1 aromatic carbocycles. The second-order valence-corrected chi connectivity index (χ2v) is 4.27. The molecule has 0 atom stereocenters. The zero-order chi connectivity index (χ0) is 11.5. The molecule has 82 valence electrons. The third-order valence-electron chi connectivity index (χ3n) is 1.57. The topological polar surface area (TPSA) is 69.4 Å². The van der Waals surface area contributed by atoms with Crippen molar-refractivity contribution in [1.29, 1.82) is 0 Å². The van der Waals surface area contributed by atoms with Gasteiger partial charge in [-0.2, -0.15) is 0 Å². The number of ether oxygens (including phenoxy) is 1. The molecule has 0 unspecified atom stereocenters. The fraction of sp³-hybridized carbons (Fsp3) is 0.111. The van der Waals surface area contributed by atoms with E-state index in [1.165, 1.54) is 12.1 Å². The van der Waals surface area contributed by atoms with Crippen LogP contribution in [-0.2, 0) is 10.0 Å². The van der Waals surface area contributed by atoms with Crippen molar-refractivity contribution in [3.63, 3.8) is 0 Å². The van der Waals surface area contributed by atoms with Gasteiger partial charge in [0.05, 0.1) is 0 Å². The first-order valence-corrected chi connectivity index (χ1v) is 5.56. The number of primary sulfonamides is 1. The van der Waals surface area contributed by atoms with E-state index in [2.05, 4.69) is 6.58 Å². The summed E-state index contributed by atoms with van der Waals surface area (Å²) in [6, 6.07) is 3.11. The summed E-state index contributed by atoms with van der Waals surface area (Å²) in [6.45, 7) is 3.52. The van der Waals surface area contributed by atoms with Crippen molar-refractivity contribution >= 4 is 10.0 Å². The molecule has 0 aliphatic rings. The zero-order valence-corrected chi connectivity index (χ0v) is 8.63. The molecule has 1 rings (SSSR count). The molecule has 1 aromatic rings. The smallest absolute Gasteiger partial charge is 0.241 e. The maximum atomic E-state index is 12.8. The van der Waals surface area contributed by atoms with E-state index in [0.29, 0.717) is 0 Å². The third kappa shape index (κ3) is 3.03. The van der Waals surface area contributed by atoms with Gasteiger partial charge in [-0.25, -0.2) is 17.9 Å². The van der Waals surface area contributed by atoms with Crippen LogP contribution in [0.1, 0.15) is 0 Å². The van der Waals surface area contributed by atoms with Gasteiger partial charge in [0.1, 0.15) is 23.1 Å². The van der Waals surface area contributed by atoms with Crippen LogP contribution in [0.3, 0.4) is 0 Å². The molecule has 0 saturated carbocycles. The summed E-state index contributed by atoms with van der Waals surface area (Å²) < 4.78 is 40.0. The van der Waals surface area contributed by atoms with Crippen LogP contribution in [0.2, 0.25) is 0 Å². The minimum absolute atomic E-state index is 0.0128. The molecule has 0 heterocycles. The van der Waals surface area contributed by atoms with E-state index >= 15 is 0 Å². The molecule has 0 aliphatic heterocycles. The summed E-state index contributed by atoms with van der Waals surface area (Å²) in [5.74, 6) is -0.677. The monoisotopic (exact) mass is 231 g/mol. The molecule has 4 nitrogen and oxygen atoms in total. The number of rotatable bonds is 4. The summed E-state index contributed by atoms with van der Waals surface area (Å²) in [5, 5.41) is 4.90. The standard InChI is InChI=1S/C9H10FNO3S/c1-2-5-14-8-4-3-7(10)6-9(8)15(11,12)13/h2-4,6H,1,5H2,(H2,11,12,13). The van der Waals surface area contributed by atoms with E-state index in [9.17, 15) is 12.8 Å². The maximum absolute atomic E-state index is 12.8. The molecule has 0 saturated heterocycles. The Balaban J connectivity index is 3.21. The number of halogens is 1. The quantitative estimate of drug-likeness (QED) is 0.787. The molecule has 0 aliphatic carbocycles. The highest BCUT2D eigenvalue weighted by molar-refractivity contribution is 7.89. The largest absolute Gasteiger partial charge is 0.488 e. The van der Waals surface area contributed by atoms with Gasteiger partial charge in [-0.3, -0.25) is 0 Å². The van der Waals surface area contributed by atoms with Gasteiger partial charge in [0.15, 0.2) is 0 Å². The Morgan fingerprint density at radius 1 is 1.53 bits per heavy atom. The van der Waals surface area contributed by atoms with Crippen LogP contribution < -0.4 is 9.88 Å². The number of nitrogens with two attached hydrogens (primary N) is 1. The van der Waals surface area contributed by atoms with E-state index in [1.807, 2.05) is 0 Å². The Labute approximate surface area is 87.2 Å². The SMILES string of the molecule is C=CCOc1ccc(F)cc1S(N)(=O)=O. The third-order valence-corrected chi connectivity index (χ3v) is 2.50. The predicted octanol–water partition coefficient (Wildman–Crippen LogP) is 1.04. The van der Waals surface area contributed by atoms with Gasteiger partial charge in [0, 0.05) is 0 Å². The van der Waals surface area contributed by atoms with E-state index in [-0.39, 0.29) is 17.3 Å². The van der Waals surface area contributed by atoms with Gasteiger partial charge in [-0.1, -0.05) is 12.7 Å². The van der Waals surface area contributed by atoms with E-state index in [4.69, 9.17) is 9.88 Å². The Bertz CT molecular complexity index is 470. The molecular weight excluding hydrogens is 221 g/mol. The van der Waals surface area contributed by atoms with Crippen LogP contribution >= 0.6 is 0 Å². The minimum Gasteiger partial charge on any atom is -0.488 e. The summed E-state index contributed by atoms with van der Waals surface area (Å²) in [6.07, 6.45) is 1.44. The average molecular weight is 231 g/mol. The summed E-state index contributed by atoms with van der Waals surface area (Å²) in [4.78, 5) is -0.371. The van der Waals surface area contributed by atoms with Gasteiger partial charge in [-0.15, -0.1) is 0 Å². The van der Waals surface area contributed by atoms with Crippen molar-refractivity contribution in [2.45, 2.75) is 4.90 Å². The van der Waals surface area contributed by atoms with E-state index in [1.54, 1.807) is 0 Å². The molecular formula is C9H10FNO3S. The minimum atomic E-state index is -3.99. The Hall–Kier alpha value is -1.40. The summed E-state index contributed by atoms with van der Waals surface area (Å²) in [5.41, 5.74) is 0. The first-order chi connectivity index (χ1) is 6.95. The molecule has 0 fully saturated rings. The van der Waals surface area contributed by atoms with Crippen molar-refractivity contribution in [3.05, 3.63) is 36.7 Å². The van der Waals surface area contributed by atoms with E-state index < -0.39 is 15.8 Å². The molecule has 0 radical (unpaired) electrons. The van der Waals surface area contributed by atoms with Gasteiger partial charge < -0.3 is 4.74 Å². The zero-order valence-electron chi connectivity index (χ0n) is 7.81. The molecule has 15 heavy (non-hydrogen) atoms. The van der Waals surface area contributed by atoms with Crippen LogP contribution in [-0.4, -0.2) is 15.0 Å². The highest BCUT2D eigenvalue weighted by atomic mass is 32.2. The molecule has 0 amide bonds. The normalized spacial score (nSPS) is 11.1. The van der Waals surface area contributed by atoms with Crippen molar-refractivity contribution in [3.8, 4) is 5.75 Å². The maximum Gasteiger partial charge on any atom is 0.241 e. The first-order valence-electron chi connectivity index (χ1n) is 4.01. The highest BCUT2D eigenvalue weighted by Crippen LogP contribution is 2.23. The van der Waals surface area contributed by atoms with Crippen molar-refractivity contribution in [2.24, 2.45) is 5.14 Å². The molecule has 0 aromatic heterocycles. The van der Waals surface area contributed by atoms with Crippen LogP contribution in [0.5, 0.6) is 5.75 Å². The van der Waals surface area contributed by atoms with Gasteiger partial charge in [0.2, 0.25) is 10.0 Å². The highest BCUT2D eigenvalue weighted by Gasteiger charge is 2.15. The van der Waals surface area contributed by atoms with Crippen molar-refractivity contribution in [2.75, 3.05) is 6.61 Å².